The highest BCUT2D eigenvalue weighted by molar-refractivity contribution is 6.30. The monoisotopic (exact) mass is 393 g/mol. The van der Waals surface area contributed by atoms with E-state index >= 15 is 0 Å². The van der Waals surface area contributed by atoms with Gasteiger partial charge in [-0.05, 0) is 48.0 Å². The summed E-state index contributed by atoms with van der Waals surface area (Å²) in [7, 11) is 0. The SMILES string of the molecule is CC(Oc1ccc2ccccc2c1)C(=O)Nc1ccc(Cl)cc1C(F)(F)F. The first-order chi connectivity index (χ1) is 12.7. The van der Waals surface area contributed by atoms with Crippen LogP contribution in [0.3, 0.4) is 0 Å². The highest BCUT2D eigenvalue weighted by atomic mass is 35.5. The van der Waals surface area contributed by atoms with Gasteiger partial charge in [-0.1, -0.05) is 41.9 Å². The predicted octanol–water partition coefficient (Wildman–Crippen LogP) is 5.92. The van der Waals surface area contributed by atoms with E-state index in [-0.39, 0.29) is 10.7 Å². The topological polar surface area (TPSA) is 38.3 Å². The third kappa shape index (κ3) is 4.52. The lowest BCUT2D eigenvalue weighted by Gasteiger charge is -2.18. The molecule has 7 heteroatoms. The third-order valence-electron chi connectivity index (χ3n) is 3.95. The lowest BCUT2D eigenvalue weighted by atomic mass is 10.1. The quantitative estimate of drug-likeness (QED) is 0.597. The van der Waals surface area contributed by atoms with Crippen LogP contribution in [0.5, 0.6) is 5.75 Å². The molecule has 0 saturated heterocycles. The van der Waals surface area contributed by atoms with Gasteiger partial charge in [0.2, 0.25) is 0 Å². The predicted molar refractivity (Wildman–Crippen MR) is 99.1 cm³/mol. The van der Waals surface area contributed by atoms with Crippen molar-refractivity contribution < 1.29 is 22.7 Å². The Hall–Kier alpha value is -2.73. The van der Waals surface area contributed by atoms with Gasteiger partial charge in [-0.2, -0.15) is 13.2 Å². The van der Waals surface area contributed by atoms with Gasteiger partial charge in [0.15, 0.2) is 6.10 Å². The molecule has 1 unspecified atom stereocenters. The fourth-order valence-corrected chi connectivity index (χ4v) is 2.76. The fraction of sp³-hybridized carbons (Fsp3) is 0.150. The molecule has 0 heterocycles. The number of benzene rings is 3. The molecule has 27 heavy (non-hydrogen) atoms. The van der Waals surface area contributed by atoms with Crippen molar-refractivity contribution in [2.75, 3.05) is 5.32 Å². The van der Waals surface area contributed by atoms with Crippen LogP contribution in [0.15, 0.2) is 60.7 Å². The van der Waals surface area contributed by atoms with Crippen molar-refractivity contribution in [3.63, 3.8) is 0 Å². The third-order valence-corrected chi connectivity index (χ3v) is 4.18. The minimum absolute atomic E-state index is 0.0687. The van der Waals surface area contributed by atoms with E-state index in [1.54, 1.807) is 12.1 Å². The number of fused-ring (bicyclic) bond motifs is 1. The lowest BCUT2D eigenvalue weighted by Crippen LogP contribution is -2.31. The van der Waals surface area contributed by atoms with Gasteiger partial charge in [0.25, 0.3) is 5.91 Å². The minimum Gasteiger partial charge on any atom is -0.481 e. The lowest BCUT2D eigenvalue weighted by molar-refractivity contribution is -0.137. The number of hydrogen-bond donors (Lipinski definition) is 1. The zero-order valence-electron chi connectivity index (χ0n) is 14.2. The van der Waals surface area contributed by atoms with Crippen LogP contribution in [-0.2, 0) is 11.0 Å². The van der Waals surface area contributed by atoms with Gasteiger partial charge in [0, 0.05) is 5.02 Å². The highest BCUT2D eigenvalue weighted by Gasteiger charge is 2.34. The van der Waals surface area contributed by atoms with E-state index < -0.39 is 23.8 Å². The van der Waals surface area contributed by atoms with Crippen LogP contribution in [0.25, 0.3) is 10.8 Å². The van der Waals surface area contributed by atoms with Gasteiger partial charge in [0.1, 0.15) is 5.75 Å². The van der Waals surface area contributed by atoms with E-state index in [0.717, 1.165) is 22.9 Å². The smallest absolute Gasteiger partial charge is 0.418 e. The van der Waals surface area contributed by atoms with Gasteiger partial charge in [-0.25, -0.2) is 0 Å². The molecule has 0 aliphatic carbocycles. The molecule has 0 saturated carbocycles. The molecular weight excluding hydrogens is 379 g/mol. The van der Waals surface area contributed by atoms with Crippen LogP contribution in [0.2, 0.25) is 5.02 Å². The zero-order valence-corrected chi connectivity index (χ0v) is 14.9. The Kier molecular flexibility index (Phi) is 5.28. The summed E-state index contributed by atoms with van der Waals surface area (Å²) in [4.78, 5) is 12.3. The van der Waals surface area contributed by atoms with Crippen LogP contribution >= 0.6 is 11.6 Å². The highest BCUT2D eigenvalue weighted by Crippen LogP contribution is 2.36. The number of ether oxygens (including phenoxy) is 1. The van der Waals surface area contributed by atoms with Gasteiger partial charge in [0.05, 0.1) is 11.3 Å². The Bertz CT molecular complexity index is 988. The summed E-state index contributed by atoms with van der Waals surface area (Å²) in [6, 6.07) is 16.1. The van der Waals surface area contributed by atoms with Crippen LogP contribution in [0, 0.1) is 0 Å². The molecule has 140 valence electrons. The number of rotatable bonds is 4. The Morgan fingerprint density at radius 2 is 1.74 bits per heavy atom. The summed E-state index contributed by atoms with van der Waals surface area (Å²) in [5.41, 5.74) is -1.38. The number of halogens is 4. The summed E-state index contributed by atoms with van der Waals surface area (Å²) < 4.78 is 45.0. The first kappa shape index (κ1) is 19.0. The number of hydrogen-bond acceptors (Lipinski definition) is 2. The Labute approximate surface area is 158 Å². The number of carbonyl (C=O) groups excluding carboxylic acids is 1. The van der Waals surface area contributed by atoms with Crippen molar-refractivity contribution in [2.24, 2.45) is 0 Å². The molecule has 1 atom stereocenters. The molecule has 0 spiro atoms. The minimum atomic E-state index is -4.64. The van der Waals surface area contributed by atoms with Crippen LogP contribution in [0.4, 0.5) is 18.9 Å². The summed E-state index contributed by atoms with van der Waals surface area (Å²) in [5, 5.41) is 4.13. The maximum atomic E-state index is 13.1. The average Bonchev–Trinajstić information content (AvgIpc) is 2.62. The van der Waals surface area contributed by atoms with E-state index in [0.29, 0.717) is 5.75 Å². The van der Waals surface area contributed by atoms with Crippen LogP contribution < -0.4 is 10.1 Å². The molecule has 1 N–H and O–H groups in total. The molecule has 0 fully saturated rings. The maximum absolute atomic E-state index is 13.1. The van der Waals surface area contributed by atoms with E-state index in [2.05, 4.69) is 5.32 Å². The number of nitrogens with one attached hydrogen (secondary N) is 1. The van der Waals surface area contributed by atoms with E-state index in [9.17, 15) is 18.0 Å². The van der Waals surface area contributed by atoms with Crippen molar-refractivity contribution in [1.82, 2.24) is 0 Å². The number of amides is 1. The van der Waals surface area contributed by atoms with Gasteiger partial charge >= 0.3 is 6.18 Å². The summed E-state index contributed by atoms with van der Waals surface area (Å²) in [5.74, 6) is -0.250. The molecule has 1 amide bonds. The normalized spacial score (nSPS) is 12.6. The van der Waals surface area contributed by atoms with E-state index in [1.807, 2.05) is 30.3 Å². The first-order valence-corrected chi connectivity index (χ1v) is 8.45. The Morgan fingerprint density at radius 3 is 2.44 bits per heavy atom. The molecule has 3 rings (SSSR count). The van der Waals surface area contributed by atoms with Crippen molar-refractivity contribution in [3.05, 3.63) is 71.2 Å². The number of anilines is 1. The summed E-state index contributed by atoms with van der Waals surface area (Å²) in [6.07, 6.45) is -5.64. The number of alkyl halides is 3. The number of carbonyl (C=O) groups is 1. The molecule has 3 nitrogen and oxygen atoms in total. The van der Waals surface area contributed by atoms with E-state index in [1.165, 1.54) is 13.0 Å². The second-order valence-electron chi connectivity index (χ2n) is 5.95. The summed E-state index contributed by atoms with van der Waals surface area (Å²) in [6.45, 7) is 1.47. The molecule has 3 aromatic carbocycles. The van der Waals surface area contributed by atoms with Crippen molar-refractivity contribution in [1.29, 1.82) is 0 Å². The maximum Gasteiger partial charge on any atom is 0.418 e. The van der Waals surface area contributed by atoms with E-state index in [4.69, 9.17) is 16.3 Å². The van der Waals surface area contributed by atoms with Crippen molar-refractivity contribution >= 4 is 34.0 Å². The zero-order chi connectivity index (χ0) is 19.6. The van der Waals surface area contributed by atoms with Gasteiger partial charge in [-0.15, -0.1) is 0 Å². The standard InChI is InChI=1S/C20H15ClF3NO2/c1-12(27-16-8-6-13-4-2-3-5-14(13)10-16)19(26)25-18-9-7-15(21)11-17(18)20(22,23)24/h2-12H,1H3,(H,25,26). The largest absolute Gasteiger partial charge is 0.481 e. The first-order valence-electron chi connectivity index (χ1n) is 8.07. The van der Waals surface area contributed by atoms with Crippen LogP contribution in [0.1, 0.15) is 12.5 Å². The van der Waals surface area contributed by atoms with Crippen molar-refractivity contribution in [2.45, 2.75) is 19.2 Å². The Morgan fingerprint density at radius 1 is 1.04 bits per heavy atom. The van der Waals surface area contributed by atoms with Gasteiger partial charge < -0.3 is 10.1 Å². The second kappa shape index (κ2) is 7.48. The second-order valence-corrected chi connectivity index (χ2v) is 6.38. The molecule has 3 aromatic rings. The van der Waals surface area contributed by atoms with Gasteiger partial charge in [-0.3, -0.25) is 4.79 Å². The Balaban J connectivity index is 1.76. The molecule has 0 bridgehead atoms. The van der Waals surface area contributed by atoms with Crippen LogP contribution in [-0.4, -0.2) is 12.0 Å². The molecule has 0 radical (unpaired) electrons. The molecule has 0 aromatic heterocycles. The molecule has 0 aliphatic rings. The summed E-state index contributed by atoms with van der Waals surface area (Å²) >= 11 is 5.64. The fourth-order valence-electron chi connectivity index (χ4n) is 2.59. The molecule has 0 aliphatic heterocycles. The van der Waals surface area contributed by atoms with Crippen molar-refractivity contribution in [3.8, 4) is 5.75 Å². The average molecular weight is 394 g/mol. The molecular formula is C20H15ClF3NO2.